The van der Waals surface area contributed by atoms with Gasteiger partial charge in [-0.25, -0.2) is 0 Å². The van der Waals surface area contributed by atoms with Crippen molar-refractivity contribution >= 4 is 33.2 Å². The molecule has 0 bridgehead atoms. The lowest BCUT2D eigenvalue weighted by Crippen LogP contribution is -2.44. The van der Waals surface area contributed by atoms with E-state index in [9.17, 15) is 9.90 Å². The van der Waals surface area contributed by atoms with Crippen molar-refractivity contribution in [3.63, 3.8) is 0 Å². The highest BCUT2D eigenvalue weighted by atomic mass is 79.9. The van der Waals surface area contributed by atoms with Crippen molar-refractivity contribution in [1.29, 1.82) is 0 Å². The maximum Gasteiger partial charge on any atom is 0.263 e. The maximum absolute atomic E-state index is 12.3. The average Bonchev–Trinajstić information content (AvgIpc) is 2.62. The van der Waals surface area contributed by atoms with Gasteiger partial charge in [0.15, 0.2) is 0 Å². The Kier molecular flexibility index (Phi) is 3.90. The Morgan fingerprint density at radius 1 is 1.65 bits per heavy atom. The zero-order valence-electron chi connectivity index (χ0n) is 9.94. The molecule has 2 rings (SSSR count). The van der Waals surface area contributed by atoms with Crippen molar-refractivity contribution in [3.05, 3.63) is 20.3 Å². The highest BCUT2D eigenvalue weighted by Crippen LogP contribution is 2.29. The fraction of sp³-hybridized carbons (Fsp3) is 0.583. The van der Waals surface area contributed by atoms with Gasteiger partial charge in [0, 0.05) is 13.1 Å². The number of hydrogen-bond donors (Lipinski definition) is 1. The Labute approximate surface area is 114 Å². The lowest BCUT2D eigenvalue weighted by molar-refractivity contribution is 0.0300. The normalized spacial score (nSPS) is 25.1. The molecule has 0 aromatic carbocycles. The van der Waals surface area contributed by atoms with Crippen LogP contribution in [0.25, 0.3) is 0 Å². The molecular formula is C12H16BrNO2S. The van der Waals surface area contributed by atoms with Crippen LogP contribution in [0.2, 0.25) is 0 Å². The average molecular weight is 318 g/mol. The van der Waals surface area contributed by atoms with Gasteiger partial charge in [-0.3, -0.25) is 4.79 Å². The lowest BCUT2D eigenvalue weighted by atomic mass is 9.97. The van der Waals surface area contributed by atoms with E-state index in [0.717, 1.165) is 14.2 Å². The van der Waals surface area contributed by atoms with Crippen molar-refractivity contribution < 1.29 is 9.90 Å². The van der Waals surface area contributed by atoms with Crippen LogP contribution in [0.15, 0.2) is 9.85 Å². The van der Waals surface area contributed by atoms with Gasteiger partial charge in [-0.05, 0) is 46.8 Å². The number of aliphatic hydroxyl groups excluding tert-OH is 1. The Bertz CT molecular complexity index is 413. The summed E-state index contributed by atoms with van der Waals surface area (Å²) in [5.74, 6) is 0.250. The zero-order valence-corrected chi connectivity index (χ0v) is 12.3. The van der Waals surface area contributed by atoms with Crippen molar-refractivity contribution in [2.24, 2.45) is 5.92 Å². The third kappa shape index (κ3) is 2.72. The molecule has 0 aliphatic carbocycles. The fourth-order valence-electron chi connectivity index (χ4n) is 2.04. The lowest BCUT2D eigenvalue weighted by Gasteiger charge is -2.34. The number of rotatable bonds is 1. The number of nitrogens with zero attached hydrogens (tertiary/aromatic N) is 1. The summed E-state index contributed by atoms with van der Waals surface area (Å²) in [6, 6.07) is 1.92. The number of halogens is 1. The highest BCUT2D eigenvalue weighted by Gasteiger charge is 2.28. The predicted molar refractivity (Wildman–Crippen MR) is 72.4 cm³/mol. The summed E-state index contributed by atoms with van der Waals surface area (Å²) in [6.07, 6.45) is 0.411. The van der Waals surface area contributed by atoms with Crippen LogP contribution in [-0.4, -0.2) is 35.1 Å². The molecule has 1 amide bonds. The van der Waals surface area contributed by atoms with Gasteiger partial charge in [0.05, 0.1) is 14.8 Å². The maximum atomic E-state index is 12.3. The van der Waals surface area contributed by atoms with Crippen molar-refractivity contribution in [1.82, 2.24) is 4.90 Å². The smallest absolute Gasteiger partial charge is 0.263 e. The molecule has 5 heteroatoms. The van der Waals surface area contributed by atoms with E-state index in [1.54, 1.807) is 0 Å². The summed E-state index contributed by atoms with van der Waals surface area (Å²) in [7, 11) is 0. The molecule has 0 spiro atoms. The van der Waals surface area contributed by atoms with E-state index < -0.39 is 0 Å². The van der Waals surface area contributed by atoms with Gasteiger partial charge in [0.25, 0.3) is 5.91 Å². The minimum Gasteiger partial charge on any atom is -0.393 e. The molecular weight excluding hydrogens is 302 g/mol. The van der Waals surface area contributed by atoms with Gasteiger partial charge in [-0.1, -0.05) is 6.92 Å². The number of likely N-dealkylation sites (tertiary alicyclic amines) is 1. The molecule has 1 aromatic rings. The first-order valence-electron chi connectivity index (χ1n) is 5.72. The van der Waals surface area contributed by atoms with Gasteiger partial charge in [0.2, 0.25) is 0 Å². The van der Waals surface area contributed by atoms with Crippen LogP contribution in [0.5, 0.6) is 0 Å². The van der Waals surface area contributed by atoms with Crippen LogP contribution in [0.3, 0.4) is 0 Å². The summed E-state index contributed by atoms with van der Waals surface area (Å²) in [5.41, 5.74) is 1.10. The number of thiophene rings is 1. The van der Waals surface area contributed by atoms with E-state index in [-0.39, 0.29) is 17.9 Å². The molecule has 1 N–H and O–H groups in total. The highest BCUT2D eigenvalue weighted by molar-refractivity contribution is 9.11. The van der Waals surface area contributed by atoms with E-state index in [1.807, 2.05) is 24.8 Å². The second-order valence-corrected chi connectivity index (χ2v) is 7.02. The number of carbonyl (C=O) groups excluding carboxylic acids is 1. The number of carbonyl (C=O) groups is 1. The van der Waals surface area contributed by atoms with Gasteiger partial charge in [0.1, 0.15) is 0 Å². The number of aliphatic hydroxyl groups is 1. The third-order valence-electron chi connectivity index (χ3n) is 3.22. The molecule has 2 atom stereocenters. The fourth-order valence-corrected chi connectivity index (χ4v) is 3.54. The molecule has 1 aromatic heterocycles. The molecule has 0 saturated carbocycles. The molecule has 1 aliphatic heterocycles. The number of aryl methyl sites for hydroxylation is 1. The van der Waals surface area contributed by atoms with Gasteiger partial charge < -0.3 is 10.0 Å². The number of piperidine rings is 1. The monoisotopic (exact) mass is 317 g/mol. The van der Waals surface area contributed by atoms with Crippen molar-refractivity contribution in [2.45, 2.75) is 26.4 Å². The SMILES string of the molecule is Cc1cc(C(=O)N2CCC(O)C(C)C2)sc1Br. The van der Waals surface area contributed by atoms with Crippen molar-refractivity contribution in [3.8, 4) is 0 Å². The largest absolute Gasteiger partial charge is 0.393 e. The second kappa shape index (κ2) is 5.08. The summed E-state index contributed by atoms with van der Waals surface area (Å²) in [6.45, 7) is 5.27. The van der Waals surface area contributed by atoms with Gasteiger partial charge >= 0.3 is 0 Å². The Hall–Kier alpha value is -0.390. The Balaban J connectivity index is 2.10. The van der Waals surface area contributed by atoms with E-state index >= 15 is 0 Å². The molecule has 1 saturated heterocycles. The molecule has 3 nitrogen and oxygen atoms in total. The van der Waals surface area contributed by atoms with Gasteiger partial charge in [-0.2, -0.15) is 0 Å². The topological polar surface area (TPSA) is 40.5 Å². The zero-order chi connectivity index (χ0) is 12.6. The second-order valence-electron chi connectivity index (χ2n) is 4.65. The first kappa shape index (κ1) is 13.1. The number of hydrogen-bond acceptors (Lipinski definition) is 3. The molecule has 1 fully saturated rings. The standard InChI is InChI=1S/C12H16BrNO2S/c1-7-5-10(17-11(7)13)12(16)14-4-3-9(15)8(2)6-14/h5,8-9,15H,3-4,6H2,1-2H3. The third-order valence-corrected chi connectivity index (χ3v) is 5.34. The van der Waals surface area contributed by atoms with Crippen LogP contribution in [-0.2, 0) is 0 Å². The van der Waals surface area contributed by atoms with Crippen LogP contribution < -0.4 is 0 Å². The predicted octanol–water partition coefficient (Wildman–Crippen LogP) is 2.66. The van der Waals surface area contributed by atoms with E-state index in [2.05, 4.69) is 15.9 Å². The van der Waals surface area contributed by atoms with Crippen LogP contribution in [0.1, 0.15) is 28.6 Å². The molecule has 2 unspecified atom stereocenters. The van der Waals surface area contributed by atoms with E-state index in [1.165, 1.54) is 11.3 Å². The molecule has 0 radical (unpaired) electrons. The number of amides is 1. The molecule has 94 valence electrons. The molecule has 2 heterocycles. The summed E-state index contributed by atoms with van der Waals surface area (Å²) < 4.78 is 1.02. The van der Waals surface area contributed by atoms with Crippen molar-refractivity contribution in [2.75, 3.05) is 13.1 Å². The minimum atomic E-state index is -0.268. The van der Waals surface area contributed by atoms with Crippen LogP contribution in [0.4, 0.5) is 0 Å². The first-order chi connectivity index (χ1) is 7.99. The quantitative estimate of drug-likeness (QED) is 0.865. The Morgan fingerprint density at radius 3 is 2.88 bits per heavy atom. The van der Waals surface area contributed by atoms with E-state index in [4.69, 9.17) is 0 Å². The summed E-state index contributed by atoms with van der Waals surface area (Å²) in [4.78, 5) is 14.9. The first-order valence-corrected chi connectivity index (χ1v) is 7.33. The molecule has 17 heavy (non-hydrogen) atoms. The van der Waals surface area contributed by atoms with Gasteiger partial charge in [-0.15, -0.1) is 11.3 Å². The van der Waals surface area contributed by atoms with E-state index in [0.29, 0.717) is 19.5 Å². The molecule has 1 aliphatic rings. The van der Waals surface area contributed by atoms with Crippen LogP contribution >= 0.6 is 27.3 Å². The summed E-state index contributed by atoms with van der Waals surface area (Å²) >= 11 is 4.92. The Morgan fingerprint density at radius 2 is 2.35 bits per heavy atom. The van der Waals surface area contributed by atoms with Crippen LogP contribution in [0, 0.1) is 12.8 Å². The summed E-state index contributed by atoms with van der Waals surface area (Å²) in [5, 5.41) is 9.65. The minimum absolute atomic E-state index is 0.0857.